The van der Waals surface area contributed by atoms with E-state index in [-0.39, 0.29) is 10.6 Å². The molecule has 0 bridgehead atoms. The van der Waals surface area contributed by atoms with E-state index in [0.717, 1.165) is 17.4 Å². The standard InChI is InChI=1S/C19H15F3N8O2S/c1-4-10(29-9(3)6-12(26-29)30(31)32)16-25-17-15-14(23-7-28(17)27-16)13-8(2)5-11(19(20,21)22)24-18(13)33-15/h5-7,10H,4H2,1-3H3. The van der Waals surface area contributed by atoms with Gasteiger partial charge in [-0.1, -0.05) is 6.92 Å². The lowest BCUT2D eigenvalue weighted by molar-refractivity contribution is -0.389. The summed E-state index contributed by atoms with van der Waals surface area (Å²) < 4.78 is 43.2. The lowest BCUT2D eigenvalue weighted by Gasteiger charge is -2.09. The van der Waals surface area contributed by atoms with Crippen molar-refractivity contribution in [3.63, 3.8) is 0 Å². The van der Waals surface area contributed by atoms with Gasteiger partial charge in [0.15, 0.2) is 11.5 Å². The van der Waals surface area contributed by atoms with E-state index in [1.807, 2.05) is 6.92 Å². The Hall–Kier alpha value is -3.68. The van der Waals surface area contributed by atoms with Crippen LogP contribution in [0.1, 0.15) is 42.2 Å². The molecule has 0 amide bonds. The minimum atomic E-state index is -4.56. The van der Waals surface area contributed by atoms with E-state index < -0.39 is 22.8 Å². The Balaban J connectivity index is 1.70. The summed E-state index contributed by atoms with van der Waals surface area (Å²) in [6.07, 6.45) is -2.60. The number of halogens is 3. The van der Waals surface area contributed by atoms with Gasteiger partial charge in [0.25, 0.3) is 0 Å². The van der Waals surface area contributed by atoms with Crippen molar-refractivity contribution >= 4 is 43.2 Å². The molecule has 1 atom stereocenters. The first kappa shape index (κ1) is 21.2. The number of pyridine rings is 1. The SMILES string of the molecule is CCC(c1nc2c3sc4nc(C(F)(F)F)cc(C)c4c3ncn2n1)n1nc([N+](=O)[O-])cc1C. The maximum absolute atomic E-state index is 13.2. The fourth-order valence-corrected chi connectivity index (χ4v) is 5.03. The quantitative estimate of drug-likeness (QED) is 0.274. The molecule has 33 heavy (non-hydrogen) atoms. The highest BCUT2D eigenvalue weighted by atomic mass is 32.1. The Morgan fingerprint density at radius 1 is 1.21 bits per heavy atom. The fourth-order valence-electron chi connectivity index (χ4n) is 3.85. The molecule has 0 spiro atoms. The highest BCUT2D eigenvalue weighted by Crippen LogP contribution is 2.38. The summed E-state index contributed by atoms with van der Waals surface area (Å²) in [5.41, 5.74) is 0.958. The molecular weight excluding hydrogens is 461 g/mol. The summed E-state index contributed by atoms with van der Waals surface area (Å²) in [5, 5.41) is 20.2. The highest BCUT2D eigenvalue weighted by Gasteiger charge is 2.34. The van der Waals surface area contributed by atoms with Gasteiger partial charge in [0.2, 0.25) is 0 Å². The molecule has 0 aliphatic heterocycles. The predicted octanol–water partition coefficient (Wildman–Crippen LogP) is 4.63. The average Bonchev–Trinajstić information content (AvgIpc) is 3.42. The van der Waals surface area contributed by atoms with Crippen LogP contribution in [0.4, 0.5) is 19.0 Å². The van der Waals surface area contributed by atoms with Gasteiger partial charge in [0.05, 0.1) is 22.4 Å². The van der Waals surface area contributed by atoms with E-state index in [2.05, 4.69) is 25.1 Å². The number of rotatable bonds is 4. The fraction of sp³-hybridized carbons (Fsp3) is 0.316. The molecule has 5 heterocycles. The lowest BCUT2D eigenvalue weighted by atomic mass is 10.1. The molecule has 0 radical (unpaired) electrons. The molecule has 14 heteroatoms. The van der Waals surface area contributed by atoms with Crippen LogP contribution in [0.5, 0.6) is 0 Å². The van der Waals surface area contributed by atoms with Gasteiger partial charge in [-0.15, -0.1) is 16.4 Å². The zero-order valence-corrected chi connectivity index (χ0v) is 18.3. The van der Waals surface area contributed by atoms with Crippen molar-refractivity contribution in [3.05, 3.63) is 51.4 Å². The first-order chi connectivity index (χ1) is 15.6. The van der Waals surface area contributed by atoms with Crippen molar-refractivity contribution in [3.8, 4) is 0 Å². The molecule has 5 aromatic heterocycles. The lowest BCUT2D eigenvalue weighted by Crippen LogP contribution is -2.14. The number of thiophene rings is 1. The van der Waals surface area contributed by atoms with Crippen LogP contribution in [-0.4, -0.2) is 39.3 Å². The summed E-state index contributed by atoms with van der Waals surface area (Å²) >= 11 is 1.07. The van der Waals surface area contributed by atoms with Crippen molar-refractivity contribution in [2.24, 2.45) is 0 Å². The summed E-state index contributed by atoms with van der Waals surface area (Å²) in [4.78, 5) is 23.6. The third-order valence-electron chi connectivity index (χ3n) is 5.35. The topological polar surface area (TPSA) is 117 Å². The molecular formula is C19H15F3N8O2S. The molecule has 0 fully saturated rings. The summed E-state index contributed by atoms with van der Waals surface area (Å²) in [6.45, 7) is 5.17. The van der Waals surface area contributed by atoms with Crippen molar-refractivity contribution in [2.45, 2.75) is 39.4 Å². The van der Waals surface area contributed by atoms with Crippen molar-refractivity contribution in [1.29, 1.82) is 0 Å². The van der Waals surface area contributed by atoms with Gasteiger partial charge < -0.3 is 10.1 Å². The van der Waals surface area contributed by atoms with Gasteiger partial charge in [-0.25, -0.2) is 19.5 Å². The second-order valence-corrected chi connectivity index (χ2v) is 8.53. The molecule has 0 N–H and O–H groups in total. The zero-order valence-electron chi connectivity index (χ0n) is 17.5. The van der Waals surface area contributed by atoms with Gasteiger partial charge in [-0.05, 0) is 36.8 Å². The minimum Gasteiger partial charge on any atom is -0.358 e. The number of alkyl halides is 3. The number of hydrogen-bond donors (Lipinski definition) is 0. The molecule has 0 saturated heterocycles. The molecule has 5 rings (SSSR count). The Kier molecular flexibility index (Phi) is 4.60. The van der Waals surface area contributed by atoms with Crippen LogP contribution >= 0.6 is 11.3 Å². The van der Waals surface area contributed by atoms with Gasteiger partial charge in [-0.3, -0.25) is 0 Å². The summed E-state index contributed by atoms with van der Waals surface area (Å²) in [7, 11) is 0. The minimum absolute atomic E-state index is 0.216. The molecule has 10 nitrogen and oxygen atoms in total. The predicted molar refractivity (Wildman–Crippen MR) is 113 cm³/mol. The van der Waals surface area contributed by atoms with Crippen LogP contribution in [0.15, 0.2) is 18.5 Å². The maximum Gasteiger partial charge on any atom is 0.433 e. The van der Waals surface area contributed by atoms with Gasteiger partial charge in [0.1, 0.15) is 27.6 Å². The molecule has 5 aromatic rings. The average molecular weight is 476 g/mol. The van der Waals surface area contributed by atoms with E-state index in [9.17, 15) is 23.3 Å². The number of aryl methyl sites for hydroxylation is 2. The molecule has 0 saturated carbocycles. The largest absolute Gasteiger partial charge is 0.433 e. The number of hydrogen-bond acceptors (Lipinski definition) is 8. The Morgan fingerprint density at radius 3 is 2.61 bits per heavy atom. The zero-order chi connectivity index (χ0) is 23.7. The van der Waals surface area contributed by atoms with Crippen LogP contribution < -0.4 is 0 Å². The Labute approximate surface area is 186 Å². The summed E-state index contributed by atoms with van der Waals surface area (Å²) in [5.74, 6) is 0.0938. The third kappa shape index (κ3) is 3.28. The van der Waals surface area contributed by atoms with Crippen LogP contribution in [0, 0.1) is 24.0 Å². The number of fused-ring (bicyclic) bond motifs is 5. The first-order valence-corrected chi connectivity index (χ1v) is 10.6. The van der Waals surface area contributed by atoms with E-state index in [1.165, 1.54) is 21.6 Å². The number of aromatic nitrogens is 7. The highest BCUT2D eigenvalue weighted by molar-refractivity contribution is 7.26. The summed E-state index contributed by atoms with van der Waals surface area (Å²) in [6, 6.07) is 1.91. The van der Waals surface area contributed by atoms with Crippen LogP contribution in [0.25, 0.3) is 26.1 Å². The third-order valence-corrected chi connectivity index (χ3v) is 6.42. The van der Waals surface area contributed by atoms with Crippen molar-refractivity contribution in [2.75, 3.05) is 0 Å². The maximum atomic E-state index is 13.2. The number of nitrogens with zero attached hydrogens (tertiary/aromatic N) is 8. The second-order valence-electron chi connectivity index (χ2n) is 7.53. The number of nitro groups is 1. The van der Waals surface area contributed by atoms with Crippen LogP contribution in [-0.2, 0) is 6.18 Å². The normalized spacial score (nSPS) is 13.4. The van der Waals surface area contributed by atoms with Gasteiger partial charge in [0, 0.05) is 5.39 Å². The van der Waals surface area contributed by atoms with E-state index in [1.54, 1.807) is 13.8 Å². The van der Waals surface area contributed by atoms with E-state index >= 15 is 0 Å². The van der Waals surface area contributed by atoms with Crippen molar-refractivity contribution < 1.29 is 18.1 Å². The molecule has 0 aliphatic rings. The molecule has 0 aliphatic carbocycles. The molecule has 0 aromatic carbocycles. The Morgan fingerprint density at radius 2 is 1.97 bits per heavy atom. The van der Waals surface area contributed by atoms with E-state index in [4.69, 9.17) is 0 Å². The monoisotopic (exact) mass is 476 g/mol. The van der Waals surface area contributed by atoms with Crippen LogP contribution in [0.2, 0.25) is 0 Å². The molecule has 1 unspecified atom stereocenters. The van der Waals surface area contributed by atoms with Crippen molar-refractivity contribution in [1.82, 2.24) is 34.3 Å². The first-order valence-electron chi connectivity index (χ1n) is 9.81. The van der Waals surface area contributed by atoms with Gasteiger partial charge >= 0.3 is 12.0 Å². The molecule has 170 valence electrons. The smallest absolute Gasteiger partial charge is 0.358 e. The second kappa shape index (κ2) is 7.16. The van der Waals surface area contributed by atoms with Gasteiger partial charge in [-0.2, -0.15) is 17.9 Å². The van der Waals surface area contributed by atoms with Crippen LogP contribution in [0.3, 0.4) is 0 Å². The van der Waals surface area contributed by atoms with E-state index in [0.29, 0.717) is 44.8 Å². The Bertz CT molecular complexity index is 1570.